The third-order valence-corrected chi connectivity index (χ3v) is 4.16. The molecule has 0 spiro atoms. The van der Waals surface area contributed by atoms with Crippen LogP contribution in [0.1, 0.15) is 48.5 Å². The van der Waals surface area contributed by atoms with Gasteiger partial charge in [-0.3, -0.25) is 4.98 Å². The Balaban J connectivity index is 1.84. The number of aromatic nitrogens is 1. The van der Waals surface area contributed by atoms with Crippen molar-refractivity contribution in [1.29, 1.82) is 0 Å². The number of benzene rings is 1. The van der Waals surface area contributed by atoms with Gasteiger partial charge in [0.05, 0.1) is 6.61 Å². The SMILES string of the molecule is Cc1cccc2c1OCCCC2N[C@@H](C)c1ccncc1. The molecule has 1 aliphatic rings. The van der Waals surface area contributed by atoms with Crippen LogP contribution in [-0.2, 0) is 0 Å². The monoisotopic (exact) mass is 282 g/mol. The number of rotatable bonds is 3. The van der Waals surface area contributed by atoms with Crippen LogP contribution in [0.2, 0.25) is 0 Å². The normalized spacial score (nSPS) is 19.2. The molecule has 3 rings (SSSR count). The second-order valence-corrected chi connectivity index (χ2v) is 5.71. The summed E-state index contributed by atoms with van der Waals surface area (Å²) in [6.07, 6.45) is 5.88. The van der Waals surface area contributed by atoms with Crippen LogP contribution < -0.4 is 10.1 Å². The summed E-state index contributed by atoms with van der Waals surface area (Å²) in [7, 11) is 0. The number of fused-ring (bicyclic) bond motifs is 1. The van der Waals surface area contributed by atoms with Crippen molar-refractivity contribution in [1.82, 2.24) is 10.3 Å². The van der Waals surface area contributed by atoms with E-state index in [2.05, 4.69) is 54.5 Å². The molecule has 21 heavy (non-hydrogen) atoms. The number of nitrogens with one attached hydrogen (secondary N) is 1. The lowest BCUT2D eigenvalue weighted by molar-refractivity contribution is 0.312. The topological polar surface area (TPSA) is 34.1 Å². The van der Waals surface area contributed by atoms with Gasteiger partial charge in [0.15, 0.2) is 0 Å². The molecule has 3 heteroatoms. The average molecular weight is 282 g/mol. The van der Waals surface area contributed by atoms with E-state index in [9.17, 15) is 0 Å². The Morgan fingerprint density at radius 2 is 2.05 bits per heavy atom. The highest BCUT2D eigenvalue weighted by molar-refractivity contribution is 5.43. The van der Waals surface area contributed by atoms with Crippen molar-refractivity contribution >= 4 is 0 Å². The molecule has 1 aromatic heterocycles. The van der Waals surface area contributed by atoms with Gasteiger partial charge < -0.3 is 10.1 Å². The van der Waals surface area contributed by atoms with Gasteiger partial charge in [-0.15, -0.1) is 0 Å². The summed E-state index contributed by atoms with van der Waals surface area (Å²) in [6, 6.07) is 11.2. The Hall–Kier alpha value is -1.87. The van der Waals surface area contributed by atoms with E-state index in [0.717, 1.165) is 25.2 Å². The third kappa shape index (κ3) is 3.08. The van der Waals surface area contributed by atoms with Crippen molar-refractivity contribution in [2.45, 2.75) is 38.8 Å². The highest BCUT2D eigenvalue weighted by atomic mass is 16.5. The van der Waals surface area contributed by atoms with Gasteiger partial charge in [-0.05, 0) is 49.9 Å². The molecule has 1 aromatic carbocycles. The molecule has 1 unspecified atom stereocenters. The van der Waals surface area contributed by atoms with E-state index in [1.54, 1.807) is 0 Å². The van der Waals surface area contributed by atoms with Crippen molar-refractivity contribution in [3.05, 3.63) is 59.4 Å². The van der Waals surface area contributed by atoms with E-state index in [1.165, 1.54) is 16.7 Å². The molecule has 0 saturated carbocycles. The highest BCUT2D eigenvalue weighted by Gasteiger charge is 2.22. The smallest absolute Gasteiger partial charge is 0.126 e. The second kappa shape index (κ2) is 6.27. The molecule has 0 radical (unpaired) electrons. The van der Waals surface area contributed by atoms with Gasteiger partial charge in [0.1, 0.15) is 5.75 Å². The Bertz CT molecular complexity index is 597. The number of ether oxygens (including phenoxy) is 1. The molecular weight excluding hydrogens is 260 g/mol. The van der Waals surface area contributed by atoms with Gasteiger partial charge in [-0.2, -0.15) is 0 Å². The fraction of sp³-hybridized carbons (Fsp3) is 0.389. The first-order valence-electron chi connectivity index (χ1n) is 7.64. The molecule has 0 bridgehead atoms. The predicted octanol–water partition coefficient (Wildman–Crippen LogP) is 3.95. The zero-order chi connectivity index (χ0) is 14.7. The molecule has 1 N–H and O–H groups in total. The van der Waals surface area contributed by atoms with Gasteiger partial charge in [0.2, 0.25) is 0 Å². The van der Waals surface area contributed by atoms with E-state index in [0.29, 0.717) is 12.1 Å². The van der Waals surface area contributed by atoms with Crippen LogP contribution in [-0.4, -0.2) is 11.6 Å². The predicted molar refractivity (Wildman–Crippen MR) is 84.4 cm³/mol. The van der Waals surface area contributed by atoms with E-state index in [4.69, 9.17) is 4.74 Å². The maximum absolute atomic E-state index is 5.95. The van der Waals surface area contributed by atoms with E-state index < -0.39 is 0 Å². The van der Waals surface area contributed by atoms with Crippen LogP contribution in [0.3, 0.4) is 0 Å². The standard InChI is InChI=1S/C18H22N2O/c1-13-5-3-6-16-17(7-4-12-21-18(13)16)20-14(2)15-8-10-19-11-9-15/h3,5-6,8-11,14,17,20H,4,7,12H2,1-2H3/t14-,17?/m0/s1. The minimum Gasteiger partial charge on any atom is -0.493 e. The summed E-state index contributed by atoms with van der Waals surface area (Å²) < 4.78 is 5.95. The Morgan fingerprint density at radius 3 is 2.86 bits per heavy atom. The van der Waals surface area contributed by atoms with Gasteiger partial charge in [0, 0.05) is 30.0 Å². The second-order valence-electron chi connectivity index (χ2n) is 5.71. The van der Waals surface area contributed by atoms with Gasteiger partial charge >= 0.3 is 0 Å². The minimum atomic E-state index is 0.296. The zero-order valence-electron chi connectivity index (χ0n) is 12.7. The summed E-state index contributed by atoms with van der Waals surface area (Å²) in [5.41, 5.74) is 3.77. The first-order valence-corrected chi connectivity index (χ1v) is 7.64. The van der Waals surface area contributed by atoms with Gasteiger partial charge in [0.25, 0.3) is 0 Å². The molecule has 0 amide bonds. The van der Waals surface area contributed by atoms with Crippen LogP contribution in [0.5, 0.6) is 5.75 Å². The molecular formula is C18H22N2O. The Kier molecular flexibility index (Phi) is 4.20. The van der Waals surface area contributed by atoms with Crippen LogP contribution in [0.15, 0.2) is 42.7 Å². The lowest BCUT2D eigenvalue weighted by Crippen LogP contribution is -2.24. The number of nitrogens with zero attached hydrogens (tertiary/aromatic N) is 1. The molecule has 2 aromatic rings. The lowest BCUT2D eigenvalue weighted by atomic mass is 9.98. The average Bonchev–Trinajstić information content (AvgIpc) is 2.72. The summed E-state index contributed by atoms with van der Waals surface area (Å²) >= 11 is 0. The fourth-order valence-corrected chi connectivity index (χ4v) is 2.99. The summed E-state index contributed by atoms with van der Waals surface area (Å²) in [6.45, 7) is 5.13. The first-order chi connectivity index (χ1) is 10.3. The maximum atomic E-state index is 5.95. The van der Waals surface area contributed by atoms with E-state index in [-0.39, 0.29) is 0 Å². The quantitative estimate of drug-likeness (QED) is 0.925. The van der Waals surface area contributed by atoms with E-state index >= 15 is 0 Å². The van der Waals surface area contributed by atoms with Crippen molar-refractivity contribution in [3.8, 4) is 5.75 Å². The molecule has 110 valence electrons. The Labute approximate surface area is 126 Å². The summed E-state index contributed by atoms with van der Waals surface area (Å²) in [4.78, 5) is 4.09. The third-order valence-electron chi connectivity index (χ3n) is 4.16. The van der Waals surface area contributed by atoms with Crippen molar-refractivity contribution in [2.75, 3.05) is 6.61 Å². The molecule has 2 heterocycles. The Morgan fingerprint density at radius 1 is 1.24 bits per heavy atom. The number of aryl methyl sites for hydroxylation is 1. The first kappa shape index (κ1) is 14.1. The molecule has 0 aliphatic carbocycles. The summed E-state index contributed by atoms with van der Waals surface area (Å²) in [5.74, 6) is 1.06. The number of pyridine rings is 1. The largest absolute Gasteiger partial charge is 0.493 e. The zero-order valence-corrected chi connectivity index (χ0v) is 12.7. The van der Waals surface area contributed by atoms with Crippen molar-refractivity contribution in [3.63, 3.8) is 0 Å². The molecule has 0 saturated heterocycles. The molecule has 2 atom stereocenters. The van der Waals surface area contributed by atoms with Gasteiger partial charge in [-0.1, -0.05) is 18.2 Å². The minimum absolute atomic E-state index is 0.296. The molecule has 3 nitrogen and oxygen atoms in total. The molecule has 1 aliphatic heterocycles. The number of hydrogen-bond acceptors (Lipinski definition) is 3. The number of hydrogen-bond donors (Lipinski definition) is 1. The van der Waals surface area contributed by atoms with Crippen molar-refractivity contribution < 1.29 is 4.74 Å². The van der Waals surface area contributed by atoms with Crippen LogP contribution >= 0.6 is 0 Å². The van der Waals surface area contributed by atoms with Crippen LogP contribution in [0, 0.1) is 6.92 Å². The number of para-hydroxylation sites is 1. The fourth-order valence-electron chi connectivity index (χ4n) is 2.99. The van der Waals surface area contributed by atoms with Crippen LogP contribution in [0.25, 0.3) is 0 Å². The van der Waals surface area contributed by atoms with Gasteiger partial charge in [-0.25, -0.2) is 0 Å². The van der Waals surface area contributed by atoms with E-state index in [1.807, 2.05) is 12.4 Å². The summed E-state index contributed by atoms with van der Waals surface area (Å²) in [5, 5.41) is 3.75. The van der Waals surface area contributed by atoms with Crippen molar-refractivity contribution in [2.24, 2.45) is 0 Å². The maximum Gasteiger partial charge on any atom is 0.126 e. The van der Waals surface area contributed by atoms with Crippen LogP contribution in [0.4, 0.5) is 0 Å². The lowest BCUT2D eigenvalue weighted by Gasteiger charge is -2.24. The highest BCUT2D eigenvalue weighted by Crippen LogP contribution is 2.35. The molecule has 0 fully saturated rings.